The zero-order valence-corrected chi connectivity index (χ0v) is 11.0. The molecule has 0 saturated heterocycles. The first-order valence-corrected chi connectivity index (χ1v) is 5.83. The molecule has 0 spiro atoms. The summed E-state index contributed by atoms with van der Waals surface area (Å²) in [6.45, 7) is 5.50. The van der Waals surface area contributed by atoms with E-state index in [2.05, 4.69) is 5.16 Å². The SMILES string of the molecule is COc1cc(-c2c(C)noc2C)cc(C(C)O)c1. The zero-order chi connectivity index (χ0) is 13.3. The van der Waals surface area contributed by atoms with Crippen molar-refractivity contribution in [1.29, 1.82) is 0 Å². The van der Waals surface area contributed by atoms with Crippen molar-refractivity contribution in [1.82, 2.24) is 5.16 Å². The van der Waals surface area contributed by atoms with E-state index in [0.29, 0.717) is 5.75 Å². The van der Waals surface area contributed by atoms with Crippen LogP contribution in [0.3, 0.4) is 0 Å². The van der Waals surface area contributed by atoms with Gasteiger partial charge < -0.3 is 14.4 Å². The molecule has 1 heterocycles. The molecule has 4 nitrogen and oxygen atoms in total. The van der Waals surface area contributed by atoms with E-state index in [4.69, 9.17) is 9.26 Å². The smallest absolute Gasteiger partial charge is 0.141 e. The molecule has 4 heteroatoms. The average Bonchev–Trinajstić information content (AvgIpc) is 2.68. The minimum absolute atomic E-state index is 0.542. The summed E-state index contributed by atoms with van der Waals surface area (Å²) in [5.41, 5.74) is 3.54. The van der Waals surface area contributed by atoms with Gasteiger partial charge in [0.1, 0.15) is 11.5 Å². The van der Waals surface area contributed by atoms with Crippen LogP contribution in [0.4, 0.5) is 0 Å². The number of ether oxygens (including phenoxy) is 1. The van der Waals surface area contributed by atoms with Gasteiger partial charge in [-0.1, -0.05) is 5.16 Å². The van der Waals surface area contributed by atoms with E-state index < -0.39 is 6.10 Å². The Morgan fingerprint density at radius 1 is 1.28 bits per heavy atom. The Balaban J connectivity index is 2.60. The highest BCUT2D eigenvalue weighted by Gasteiger charge is 2.14. The molecule has 0 bridgehead atoms. The van der Waals surface area contributed by atoms with Gasteiger partial charge in [-0.2, -0.15) is 0 Å². The lowest BCUT2D eigenvalue weighted by atomic mass is 9.99. The van der Waals surface area contributed by atoms with Crippen LogP contribution in [0.5, 0.6) is 5.75 Å². The average molecular weight is 247 g/mol. The molecule has 96 valence electrons. The van der Waals surface area contributed by atoms with Crippen LogP contribution in [0.2, 0.25) is 0 Å². The van der Waals surface area contributed by atoms with Gasteiger partial charge in [-0.15, -0.1) is 0 Å². The van der Waals surface area contributed by atoms with Crippen molar-refractivity contribution in [3.05, 3.63) is 35.2 Å². The van der Waals surface area contributed by atoms with Gasteiger partial charge in [-0.05, 0) is 50.1 Å². The van der Waals surface area contributed by atoms with E-state index in [1.807, 2.05) is 32.0 Å². The molecule has 2 aromatic rings. The maximum atomic E-state index is 9.71. The summed E-state index contributed by atoms with van der Waals surface area (Å²) >= 11 is 0. The molecule has 0 aliphatic rings. The summed E-state index contributed by atoms with van der Waals surface area (Å²) in [5.74, 6) is 1.47. The van der Waals surface area contributed by atoms with Crippen molar-refractivity contribution in [2.45, 2.75) is 26.9 Å². The fourth-order valence-corrected chi connectivity index (χ4v) is 2.02. The first-order chi connectivity index (χ1) is 8.52. The van der Waals surface area contributed by atoms with Crippen LogP contribution in [0, 0.1) is 13.8 Å². The number of aromatic nitrogens is 1. The summed E-state index contributed by atoms with van der Waals surface area (Å²) in [6, 6.07) is 5.67. The van der Waals surface area contributed by atoms with Crippen molar-refractivity contribution in [2.24, 2.45) is 0 Å². The number of benzene rings is 1. The summed E-state index contributed by atoms with van der Waals surface area (Å²) in [5, 5.41) is 13.7. The number of hydrogen-bond acceptors (Lipinski definition) is 4. The minimum atomic E-state index is -0.542. The summed E-state index contributed by atoms with van der Waals surface area (Å²) in [4.78, 5) is 0. The lowest BCUT2D eigenvalue weighted by Gasteiger charge is -2.11. The molecule has 0 aliphatic carbocycles. The molecule has 0 amide bonds. The molecule has 1 N–H and O–H groups in total. The topological polar surface area (TPSA) is 55.5 Å². The zero-order valence-electron chi connectivity index (χ0n) is 11.0. The van der Waals surface area contributed by atoms with Crippen molar-refractivity contribution >= 4 is 0 Å². The van der Waals surface area contributed by atoms with Gasteiger partial charge in [0.05, 0.1) is 18.9 Å². The molecule has 0 radical (unpaired) electrons. The Morgan fingerprint density at radius 3 is 2.50 bits per heavy atom. The van der Waals surface area contributed by atoms with Gasteiger partial charge in [-0.3, -0.25) is 0 Å². The number of hydrogen-bond donors (Lipinski definition) is 1. The Morgan fingerprint density at radius 2 is 2.00 bits per heavy atom. The van der Waals surface area contributed by atoms with E-state index in [-0.39, 0.29) is 0 Å². The number of nitrogens with zero attached hydrogens (tertiary/aromatic N) is 1. The van der Waals surface area contributed by atoms with Gasteiger partial charge in [0.2, 0.25) is 0 Å². The molecule has 2 rings (SSSR count). The largest absolute Gasteiger partial charge is 0.497 e. The molecule has 0 saturated carbocycles. The van der Waals surface area contributed by atoms with Crippen LogP contribution < -0.4 is 4.74 Å². The van der Waals surface area contributed by atoms with Crippen molar-refractivity contribution in [3.8, 4) is 16.9 Å². The first kappa shape index (κ1) is 12.6. The second-order valence-electron chi connectivity index (χ2n) is 4.37. The van der Waals surface area contributed by atoms with E-state index >= 15 is 0 Å². The molecule has 1 atom stereocenters. The Hall–Kier alpha value is -1.81. The summed E-state index contributed by atoms with van der Waals surface area (Å²) in [6.07, 6.45) is -0.542. The lowest BCUT2D eigenvalue weighted by molar-refractivity contribution is 0.199. The minimum Gasteiger partial charge on any atom is -0.497 e. The standard InChI is InChI=1S/C14H17NO3/c1-8-14(10(3)18-15-8)12-5-11(9(2)16)6-13(7-12)17-4/h5-7,9,16H,1-4H3. The predicted molar refractivity (Wildman–Crippen MR) is 68.6 cm³/mol. The molecular formula is C14H17NO3. The third kappa shape index (κ3) is 2.24. The van der Waals surface area contributed by atoms with Crippen molar-refractivity contribution in [3.63, 3.8) is 0 Å². The lowest BCUT2D eigenvalue weighted by Crippen LogP contribution is -1.94. The third-order valence-electron chi connectivity index (χ3n) is 2.97. The Bertz CT molecular complexity index is 539. The van der Waals surface area contributed by atoms with Crippen LogP contribution >= 0.6 is 0 Å². The fourth-order valence-electron chi connectivity index (χ4n) is 2.02. The second-order valence-corrected chi connectivity index (χ2v) is 4.37. The predicted octanol–water partition coefficient (Wildman–Crippen LogP) is 3.02. The molecule has 0 fully saturated rings. The monoisotopic (exact) mass is 247 g/mol. The highest BCUT2D eigenvalue weighted by molar-refractivity contribution is 5.70. The van der Waals surface area contributed by atoms with Gasteiger partial charge in [-0.25, -0.2) is 0 Å². The Labute approximate surface area is 106 Å². The molecule has 1 aromatic heterocycles. The molecule has 18 heavy (non-hydrogen) atoms. The first-order valence-electron chi connectivity index (χ1n) is 5.83. The van der Waals surface area contributed by atoms with E-state index in [0.717, 1.165) is 28.1 Å². The van der Waals surface area contributed by atoms with Gasteiger partial charge >= 0.3 is 0 Å². The van der Waals surface area contributed by atoms with Gasteiger partial charge in [0.15, 0.2) is 0 Å². The highest BCUT2D eigenvalue weighted by atomic mass is 16.5. The maximum Gasteiger partial charge on any atom is 0.141 e. The second kappa shape index (κ2) is 4.82. The van der Waals surface area contributed by atoms with Crippen LogP contribution in [-0.4, -0.2) is 17.4 Å². The maximum absolute atomic E-state index is 9.71. The van der Waals surface area contributed by atoms with Crippen LogP contribution in [0.15, 0.2) is 22.7 Å². The summed E-state index contributed by atoms with van der Waals surface area (Å²) in [7, 11) is 1.61. The third-order valence-corrected chi connectivity index (χ3v) is 2.97. The van der Waals surface area contributed by atoms with E-state index in [9.17, 15) is 5.11 Å². The molecule has 1 aromatic carbocycles. The van der Waals surface area contributed by atoms with Gasteiger partial charge in [0, 0.05) is 5.56 Å². The number of rotatable bonds is 3. The van der Waals surface area contributed by atoms with E-state index in [1.54, 1.807) is 14.0 Å². The normalized spacial score (nSPS) is 12.5. The summed E-state index contributed by atoms with van der Waals surface area (Å²) < 4.78 is 10.4. The highest BCUT2D eigenvalue weighted by Crippen LogP contribution is 2.32. The fraction of sp³-hybridized carbons (Fsp3) is 0.357. The number of aliphatic hydroxyl groups excluding tert-OH is 1. The molecular weight excluding hydrogens is 230 g/mol. The Kier molecular flexibility index (Phi) is 3.39. The number of methoxy groups -OCH3 is 1. The van der Waals surface area contributed by atoms with Crippen LogP contribution in [0.1, 0.15) is 30.0 Å². The quantitative estimate of drug-likeness (QED) is 0.905. The van der Waals surface area contributed by atoms with Crippen molar-refractivity contribution in [2.75, 3.05) is 7.11 Å². The van der Waals surface area contributed by atoms with Crippen LogP contribution in [0.25, 0.3) is 11.1 Å². The van der Waals surface area contributed by atoms with Gasteiger partial charge in [0.25, 0.3) is 0 Å². The number of aryl methyl sites for hydroxylation is 2. The van der Waals surface area contributed by atoms with Crippen molar-refractivity contribution < 1.29 is 14.4 Å². The van der Waals surface area contributed by atoms with Crippen LogP contribution in [-0.2, 0) is 0 Å². The molecule has 1 unspecified atom stereocenters. The number of aliphatic hydroxyl groups is 1. The van der Waals surface area contributed by atoms with E-state index in [1.165, 1.54) is 0 Å². The molecule has 0 aliphatic heterocycles.